The number of anilines is 6. The number of ether oxygens (including phenoxy) is 6. The molecule has 18 nitrogen and oxygen atoms in total. The summed E-state index contributed by atoms with van der Waals surface area (Å²) >= 11 is 0. The monoisotopic (exact) mass is 780 g/mol. The Labute approximate surface area is 325 Å². The zero-order valence-corrected chi connectivity index (χ0v) is 31.4. The molecule has 57 heavy (non-hydrogen) atoms. The molecule has 0 amide bonds. The van der Waals surface area contributed by atoms with Crippen LogP contribution < -0.4 is 16.0 Å². The third-order valence-electron chi connectivity index (χ3n) is 7.50. The number of carbonyl (C=O) groups excluding carboxylic acids is 6. The van der Waals surface area contributed by atoms with Crippen LogP contribution in [-0.4, -0.2) is 93.4 Å². The molecule has 0 radical (unpaired) electrons. The molecule has 0 spiro atoms. The number of hydrogen-bond acceptors (Lipinski definition) is 18. The number of benzene rings is 3. The van der Waals surface area contributed by atoms with Gasteiger partial charge in [0.2, 0.25) is 17.8 Å². The molecule has 0 unspecified atom stereocenters. The van der Waals surface area contributed by atoms with E-state index in [1.165, 1.54) is 18.2 Å². The molecule has 294 valence electrons. The van der Waals surface area contributed by atoms with Crippen molar-refractivity contribution < 1.29 is 57.2 Å². The van der Waals surface area contributed by atoms with E-state index >= 15 is 0 Å². The Morgan fingerprint density at radius 3 is 0.737 bits per heavy atom. The standard InChI is InChI=1S/C39H36N6O12/c1-52-31(46)28(32(47)53-2)19-22-7-13-25(14-8-22)40-37-43-38(41-26-15-9-23(10-16-26)20-29(33(48)54-3)34(49)55-4)45-39(44-37)42-27-17-11-24(12-18-27)21-30(35(50)56-5)36(51)57-6/h7-21H,1-6H3,(H3,40,41,42,43,44,45). The third kappa shape index (κ3) is 11.5. The zero-order valence-electron chi connectivity index (χ0n) is 31.4. The molecule has 0 saturated heterocycles. The maximum atomic E-state index is 12.1. The third-order valence-corrected chi connectivity index (χ3v) is 7.50. The van der Waals surface area contributed by atoms with Crippen LogP contribution in [0.5, 0.6) is 0 Å². The zero-order chi connectivity index (χ0) is 41.5. The van der Waals surface area contributed by atoms with Gasteiger partial charge < -0.3 is 44.4 Å². The largest absolute Gasteiger partial charge is 0.465 e. The Balaban J connectivity index is 1.66. The maximum Gasteiger partial charge on any atom is 0.345 e. The molecule has 3 N–H and O–H groups in total. The minimum Gasteiger partial charge on any atom is -0.465 e. The van der Waals surface area contributed by atoms with E-state index in [1.807, 2.05) is 0 Å². The summed E-state index contributed by atoms with van der Waals surface area (Å²) in [5, 5.41) is 9.28. The van der Waals surface area contributed by atoms with Crippen molar-refractivity contribution in [3.63, 3.8) is 0 Å². The average Bonchev–Trinajstić information content (AvgIpc) is 3.23. The molecule has 4 aromatic rings. The van der Waals surface area contributed by atoms with E-state index in [-0.39, 0.29) is 34.6 Å². The number of methoxy groups -OCH3 is 6. The maximum absolute atomic E-state index is 12.1. The molecule has 0 fully saturated rings. The fraction of sp³-hybridized carbons (Fsp3) is 0.154. The van der Waals surface area contributed by atoms with Crippen molar-refractivity contribution >= 4 is 89.0 Å². The highest BCUT2D eigenvalue weighted by molar-refractivity contribution is 6.19. The van der Waals surface area contributed by atoms with Crippen molar-refractivity contribution in [1.82, 2.24) is 15.0 Å². The van der Waals surface area contributed by atoms with Crippen LogP contribution >= 0.6 is 0 Å². The second kappa shape index (κ2) is 20.0. The second-order valence-corrected chi connectivity index (χ2v) is 11.2. The van der Waals surface area contributed by atoms with E-state index in [9.17, 15) is 28.8 Å². The molecule has 0 aliphatic rings. The van der Waals surface area contributed by atoms with Gasteiger partial charge >= 0.3 is 35.8 Å². The van der Waals surface area contributed by atoms with Crippen LogP contribution in [-0.2, 0) is 57.2 Å². The fourth-order valence-corrected chi connectivity index (χ4v) is 4.68. The summed E-state index contributed by atoms with van der Waals surface area (Å²) in [7, 11) is 6.90. The summed E-state index contributed by atoms with van der Waals surface area (Å²) in [5.74, 6) is -4.83. The number of carbonyl (C=O) groups is 6. The SMILES string of the molecule is COC(=O)C(=Cc1ccc(Nc2nc(Nc3ccc(C=C(C(=O)OC)C(=O)OC)cc3)nc(Nc3ccc(C=C(C(=O)OC)C(=O)OC)cc3)n2)cc1)C(=O)OC. The van der Waals surface area contributed by atoms with Crippen LogP contribution in [0.15, 0.2) is 89.5 Å². The van der Waals surface area contributed by atoms with E-state index in [2.05, 4.69) is 59.3 Å². The highest BCUT2D eigenvalue weighted by Gasteiger charge is 2.22. The first-order valence-electron chi connectivity index (χ1n) is 16.4. The highest BCUT2D eigenvalue weighted by Crippen LogP contribution is 2.24. The van der Waals surface area contributed by atoms with Crippen molar-refractivity contribution in [1.29, 1.82) is 0 Å². The highest BCUT2D eigenvalue weighted by atomic mass is 16.6. The Kier molecular flexibility index (Phi) is 14.7. The lowest BCUT2D eigenvalue weighted by Crippen LogP contribution is -2.15. The summed E-state index contributed by atoms with van der Waals surface area (Å²) in [4.78, 5) is 86.1. The Morgan fingerprint density at radius 2 is 0.561 bits per heavy atom. The molecule has 0 atom stereocenters. The molecular formula is C39H36N6O12. The molecule has 4 rings (SSSR count). The predicted octanol–water partition coefficient (Wildman–Crippen LogP) is 4.29. The number of aromatic nitrogens is 3. The van der Waals surface area contributed by atoms with Crippen molar-refractivity contribution in [3.05, 3.63) is 106 Å². The average molecular weight is 781 g/mol. The molecule has 1 aromatic heterocycles. The number of esters is 6. The fourth-order valence-electron chi connectivity index (χ4n) is 4.68. The number of nitrogens with zero attached hydrogens (tertiary/aromatic N) is 3. The number of rotatable bonds is 15. The van der Waals surface area contributed by atoms with Gasteiger partial charge in [-0.05, 0) is 71.3 Å². The van der Waals surface area contributed by atoms with Gasteiger partial charge in [0.25, 0.3) is 0 Å². The molecule has 1 heterocycles. The van der Waals surface area contributed by atoms with Crippen LogP contribution in [0.25, 0.3) is 18.2 Å². The van der Waals surface area contributed by atoms with Gasteiger partial charge in [0.15, 0.2) is 0 Å². The van der Waals surface area contributed by atoms with Crippen LogP contribution in [0.1, 0.15) is 16.7 Å². The van der Waals surface area contributed by atoms with E-state index in [4.69, 9.17) is 0 Å². The second-order valence-electron chi connectivity index (χ2n) is 11.2. The molecule has 0 saturated carbocycles. The van der Waals surface area contributed by atoms with Crippen LogP contribution in [0.4, 0.5) is 34.9 Å². The summed E-state index contributed by atoms with van der Waals surface area (Å²) < 4.78 is 28.1. The Morgan fingerprint density at radius 1 is 0.368 bits per heavy atom. The summed E-state index contributed by atoms with van der Waals surface area (Å²) in [6.45, 7) is 0. The molecule has 0 aliphatic carbocycles. The van der Waals surface area contributed by atoms with Crippen LogP contribution in [0.2, 0.25) is 0 Å². The number of nitrogens with one attached hydrogen (secondary N) is 3. The Bertz CT molecular complexity index is 1920. The van der Waals surface area contributed by atoms with Gasteiger partial charge in [0, 0.05) is 17.1 Å². The van der Waals surface area contributed by atoms with Gasteiger partial charge in [-0.2, -0.15) is 15.0 Å². The first kappa shape index (κ1) is 41.9. The van der Waals surface area contributed by atoms with E-state index in [0.29, 0.717) is 33.8 Å². The molecule has 18 heteroatoms. The van der Waals surface area contributed by atoms with Gasteiger partial charge in [-0.1, -0.05) is 36.4 Å². The minimum absolute atomic E-state index is 0.101. The van der Waals surface area contributed by atoms with Gasteiger partial charge in [0.05, 0.1) is 42.7 Å². The summed E-state index contributed by atoms with van der Waals surface area (Å²) in [6, 6.07) is 19.8. The van der Waals surface area contributed by atoms with Gasteiger partial charge in [-0.3, -0.25) is 0 Å². The predicted molar refractivity (Wildman–Crippen MR) is 205 cm³/mol. The van der Waals surface area contributed by atoms with Crippen LogP contribution in [0, 0.1) is 0 Å². The van der Waals surface area contributed by atoms with E-state index in [0.717, 1.165) is 42.7 Å². The molecule has 0 bridgehead atoms. The lowest BCUT2D eigenvalue weighted by molar-refractivity contribution is -0.145. The molecule has 3 aromatic carbocycles. The van der Waals surface area contributed by atoms with Gasteiger partial charge in [-0.25, -0.2) is 28.8 Å². The van der Waals surface area contributed by atoms with Gasteiger partial charge in [-0.15, -0.1) is 0 Å². The summed E-state index contributed by atoms with van der Waals surface area (Å²) in [6.07, 6.45) is 3.98. The molecule has 0 aliphatic heterocycles. The quantitative estimate of drug-likeness (QED) is 0.0502. The van der Waals surface area contributed by atoms with Crippen molar-refractivity contribution in [2.45, 2.75) is 0 Å². The lowest BCUT2D eigenvalue weighted by Gasteiger charge is -2.12. The first-order chi connectivity index (χ1) is 27.4. The lowest BCUT2D eigenvalue weighted by atomic mass is 10.1. The smallest absolute Gasteiger partial charge is 0.345 e. The first-order valence-corrected chi connectivity index (χ1v) is 16.4. The van der Waals surface area contributed by atoms with Crippen LogP contribution in [0.3, 0.4) is 0 Å². The summed E-state index contributed by atoms with van der Waals surface area (Å²) in [5.41, 5.74) is 2.20. The normalized spacial score (nSPS) is 10.0. The number of hydrogen-bond donors (Lipinski definition) is 3. The van der Waals surface area contributed by atoms with Gasteiger partial charge in [0.1, 0.15) is 16.7 Å². The minimum atomic E-state index is -0.856. The van der Waals surface area contributed by atoms with Crippen molar-refractivity contribution in [3.8, 4) is 0 Å². The Hall–Kier alpha value is -7.89. The topological polar surface area (TPSA) is 233 Å². The van der Waals surface area contributed by atoms with E-state index in [1.54, 1.807) is 72.8 Å². The molecular weight excluding hydrogens is 744 g/mol. The van der Waals surface area contributed by atoms with Crippen molar-refractivity contribution in [2.24, 2.45) is 0 Å². The van der Waals surface area contributed by atoms with Crippen molar-refractivity contribution in [2.75, 3.05) is 58.6 Å². The van der Waals surface area contributed by atoms with E-state index < -0.39 is 35.8 Å².